The molecule has 0 N–H and O–H groups in total. The molecule has 8 aromatic rings. The maximum atomic E-state index is 6.56. The van der Waals surface area contributed by atoms with E-state index in [2.05, 4.69) is 91.0 Å². The SMILES string of the molecule is c1ccc2c(-c3cccc4oc5c(ccc6oc7ccccc7c65)c34)c3ccccc3cc2c1. The van der Waals surface area contributed by atoms with Crippen LogP contribution < -0.4 is 0 Å². The third-order valence-corrected chi connectivity index (χ3v) is 7.04. The van der Waals surface area contributed by atoms with Crippen LogP contribution in [0.5, 0.6) is 0 Å². The Morgan fingerprint density at radius 1 is 0.412 bits per heavy atom. The Labute approximate surface area is 194 Å². The largest absolute Gasteiger partial charge is 0.456 e. The smallest absolute Gasteiger partial charge is 0.147 e. The van der Waals surface area contributed by atoms with Crippen molar-refractivity contribution in [1.29, 1.82) is 0 Å². The van der Waals surface area contributed by atoms with Crippen molar-refractivity contribution in [2.75, 3.05) is 0 Å². The van der Waals surface area contributed by atoms with Gasteiger partial charge in [-0.05, 0) is 63.0 Å². The van der Waals surface area contributed by atoms with Crippen molar-refractivity contribution < 1.29 is 8.83 Å². The summed E-state index contributed by atoms with van der Waals surface area (Å²) in [6.07, 6.45) is 0. The number of rotatable bonds is 1. The summed E-state index contributed by atoms with van der Waals surface area (Å²) in [5.41, 5.74) is 5.95. The molecule has 0 atom stereocenters. The van der Waals surface area contributed by atoms with Crippen molar-refractivity contribution in [3.05, 3.63) is 109 Å². The Morgan fingerprint density at radius 3 is 1.85 bits per heavy atom. The van der Waals surface area contributed by atoms with Gasteiger partial charge in [0.25, 0.3) is 0 Å². The van der Waals surface area contributed by atoms with E-state index in [0.717, 1.165) is 43.9 Å². The van der Waals surface area contributed by atoms with Crippen LogP contribution in [0.1, 0.15) is 0 Å². The second-order valence-corrected chi connectivity index (χ2v) is 8.89. The molecule has 34 heavy (non-hydrogen) atoms. The zero-order valence-electron chi connectivity index (χ0n) is 18.2. The van der Waals surface area contributed by atoms with Gasteiger partial charge in [0.05, 0.1) is 5.39 Å². The van der Waals surface area contributed by atoms with Gasteiger partial charge in [0.1, 0.15) is 22.3 Å². The van der Waals surface area contributed by atoms with Crippen LogP contribution in [0.15, 0.2) is 118 Å². The fraction of sp³-hybridized carbons (Fsp3) is 0. The average Bonchev–Trinajstić information content (AvgIpc) is 3.45. The van der Waals surface area contributed by atoms with E-state index in [4.69, 9.17) is 8.83 Å². The predicted octanol–water partition coefficient (Wildman–Crippen LogP) is 9.46. The fourth-order valence-corrected chi connectivity index (χ4v) is 5.60. The first-order chi connectivity index (χ1) is 16.9. The lowest BCUT2D eigenvalue weighted by Gasteiger charge is -2.13. The Kier molecular flexibility index (Phi) is 3.42. The minimum absolute atomic E-state index is 0.852. The zero-order chi connectivity index (χ0) is 22.2. The minimum Gasteiger partial charge on any atom is -0.456 e. The quantitative estimate of drug-likeness (QED) is 0.240. The van der Waals surface area contributed by atoms with Crippen molar-refractivity contribution in [2.24, 2.45) is 0 Å². The van der Waals surface area contributed by atoms with Crippen molar-refractivity contribution in [2.45, 2.75) is 0 Å². The summed E-state index contributed by atoms with van der Waals surface area (Å²) in [6, 6.07) is 38.3. The summed E-state index contributed by atoms with van der Waals surface area (Å²) in [5, 5.41) is 9.36. The highest BCUT2D eigenvalue weighted by Crippen LogP contribution is 2.45. The van der Waals surface area contributed by atoms with E-state index in [1.54, 1.807) is 0 Å². The van der Waals surface area contributed by atoms with Gasteiger partial charge in [-0.1, -0.05) is 78.9 Å². The number of para-hydroxylation sites is 1. The van der Waals surface area contributed by atoms with Crippen LogP contribution in [0.3, 0.4) is 0 Å². The first-order valence-corrected chi connectivity index (χ1v) is 11.5. The summed E-state index contributed by atoms with van der Waals surface area (Å²) < 4.78 is 12.7. The fourth-order valence-electron chi connectivity index (χ4n) is 5.60. The Balaban J connectivity index is 1.59. The zero-order valence-corrected chi connectivity index (χ0v) is 18.2. The summed E-state index contributed by atoms with van der Waals surface area (Å²) in [5.74, 6) is 0. The van der Waals surface area contributed by atoms with Gasteiger partial charge < -0.3 is 8.83 Å². The number of fused-ring (bicyclic) bond motifs is 9. The molecule has 2 nitrogen and oxygen atoms in total. The molecule has 0 unspecified atom stereocenters. The standard InChI is InChI=1S/C32H18O2/c1-3-10-21-19(8-1)18-20-9-2-4-11-22(20)29(21)24-13-7-15-27-30(24)25-16-17-28-31(32(25)34-27)23-12-5-6-14-26(23)33-28/h1-18H. The molecule has 0 aliphatic carbocycles. The molecular formula is C32H18O2. The van der Waals surface area contributed by atoms with Crippen LogP contribution in [0, 0.1) is 0 Å². The Bertz CT molecular complexity index is 2020. The summed E-state index contributed by atoms with van der Waals surface area (Å²) >= 11 is 0. The van der Waals surface area contributed by atoms with Gasteiger partial charge in [0.2, 0.25) is 0 Å². The topological polar surface area (TPSA) is 26.3 Å². The van der Waals surface area contributed by atoms with E-state index >= 15 is 0 Å². The van der Waals surface area contributed by atoms with Crippen LogP contribution in [0.25, 0.3) is 76.5 Å². The molecule has 2 aromatic heterocycles. The number of hydrogen-bond acceptors (Lipinski definition) is 2. The van der Waals surface area contributed by atoms with Gasteiger partial charge in [0, 0.05) is 16.2 Å². The van der Waals surface area contributed by atoms with E-state index in [9.17, 15) is 0 Å². The van der Waals surface area contributed by atoms with Crippen molar-refractivity contribution >= 4 is 65.4 Å². The maximum absolute atomic E-state index is 6.56. The monoisotopic (exact) mass is 434 g/mol. The molecule has 0 radical (unpaired) electrons. The third kappa shape index (κ3) is 2.29. The van der Waals surface area contributed by atoms with Gasteiger partial charge in [-0.15, -0.1) is 0 Å². The average molecular weight is 434 g/mol. The molecule has 0 fully saturated rings. The van der Waals surface area contributed by atoms with E-state index in [1.807, 2.05) is 18.2 Å². The molecule has 8 rings (SSSR count). The first kappa shape index (κ1) is 17.9. The van der Waals surface area contributed by atoms with E-state index in [-0.39, 0.29) is 0 Å². The Morgan fingerprint density at radius 2 is 1.06 bits per heavy atom. The van der Waals surface area contributed by atoms with Gasteiger partial charge >= 0.3 is 0 Å². The molecular weight excluding hydrogens is 416 g/mol. The van der Waals surface area contributed by atoms with Gasteiger partial charge in [-0.25, -0.2) is 0 Å². The normalized spacial score (nSPS) is 12.1. The van der Waals surface area contributed by atoms with Gasteiger partial charge in [0.15, 0.2) is 0 Å². The third-order valence-electron chi connectivity index (χ3n) is 7.04. The molecule has 2 heterocycles. The lowest BCUT2D eigenvalue weighted by molar-refractivity contribution is 0.663. The molecule has 0 amide bonds. The lowest BCUT2D eigenvalue weighted by Crippen LogP contribution is -1.86. The highest BCUT2D eigenvalue weighted by atomic mass is 16.3. The molecule has 0 aliphatic heterocycles. The van der Waals surface area contributed by atoms with Crippen LogP contribution in [-0.2, 0) is 0 Å². The van der Waals surface area contributed by atoms with Crippen LogP contribution in [0.4, 0.5) is 0 Å². The van der Waals surface area contributed by atoms with E-state index in [0.29, 0.717) is 0 Å². The molecule has 0 spiro atoms. The molecule has 0 saturated heterocycles. The highest BCUT2D eigenvalue weighted by molar-refractivity contribution is 6.26. The van der Waals surface area contributed by atoms with Crippen LogP contribution in [-0.4, -0.2) is 0 Å². The predicted molar refractivity (Wildman–Crippen MR) is 141 cm³/mol. The number of benzene rings is 6. The Hall–Kier alpha value is -4.56. The molecule has 0 bridgehead atoms. The second-order valence-electron chi connectivity index (χ2n) is 8.89. The van der Waals surface area contributed by atoms with Gasteiger partial charge in [-0.3, -0.25) is 0 Å². The molecule has 6 aromatic carbocycles. The molecule has 158 valence electrons. The molecule has 0 aliphatic rings. The minimum atomic E-state index is 0.852. The summed E-state index contributed by atoms with van der Waals surface area (Å²) in [7, 11) is 0. The van der Waals surface area contributed by atoms with Gasteiger partial charge in [-0.2, -0.15) is 0 Å². The van der Waals surface area contributed by atoms with E-state index < -0.39 is 0 Å². The van der Waals surface area contributed by atoms with Crippen molar-refractivity contribution in [1.82, 2.24) is 0 Å². The second kappa shape index (κ2) is 6.49. The van der Waals surface area contributed by atoms with Crippen molar-refractivity contribution in [3.8, 4) is 11.1 Å². The van der Waals surface area contributed by atoms with Crippen molar-refractivity contribution in [3.63, 3.8) is 0 Å². The van der Waals surface area contributed by atoms with E-state index in [1.165, 1.54) is 32.7 Å². The number of furan rings is 2. The van der Waals surface area contributed by atoms with Crippen LogP contribution >= 0.6 is 0 Å². The maximum Gasteiger partial charge on any atom is 0.147 e. The van der Waals surface area contributed by atoms with Crippen LogP contribution in [0.2, 0.25) is 0 Å². The summed E-state index contributed by atoms with van der Waals surface area (Å²) in [4.78, 5) is 0. The molecule has 0 saturated carbocycles. The molecule has 2 heteroatoms. The summed E-state index contributed by atoms with van der Waals surface area (Å²) in [6.45, 7) is 0. The first-order valence-electron chi connectivity index (χ1n) is 11.5. The lowest BCUT2D eigenvalue weighted by atomic mass is 9.90. The number of hydrogen-bond donors (Lipinski definition) is 0. The highest BCUT2D eigenvalue weighted by Gasteiger charge is 2.20.